The van der Waals surface area contributed by atoms with Gasteiger partial charge in [-0.15, -0.1) is 0 Å². The molecule has 0 heterocycles. The molecule has 0 aliphatic rings. The van der Waals surface area contributed by atoms with Gasteiger partial charge < -0.3 is 4.74 Å². The molecule has 0 spiro atoms. The smallest absolute Gasteiger partial charge is 0.139 e. The zero-order chi connectivity index (χ0) is 13.2. The monoisotopic (exact) mass is 234 g/mol. The number of methoxy groups -OCH3 is 1. The molecule has 94 valence electrons. The molecule has 0 fully saturated rings. The van der Waals surface area contributed by atoms with E-state index in [-0.39, 0.29) is 5.78 Å². The van der Waals surface area contributed by atoms with Crippen molar-refractivity contribution in [2.45, 2.75) is 46.0 Å². The van der Waals surface area contributed by atoms with Crippen LogP contribution in [-0.4, -0.2) is 12.9 Å². The van der Waals surface area contributed by atoms with Gasteiger partial charge in [0.05, 0.1) is 12.5 Å². The van der Waals surface area contributed by atoms with Gasteiger partial charge in [0.1, 0.15) is 11.5 Å². The zero-order valence-corrected chi connectivity index (χ0v) is 11.6. The molecule has 0 aliphatic heterocycles. The molecule has 0 unspecified atom stereocenters. The van der Waals surface area contributed by atoms with Crippen molar-refractivity contribution in [3.05, 3.63) is 29.3 Å². The highest BCUT2D eigenvalue weighted by Crippen LogP contribution is 2.34. The molecule has 0 bridgehead atoms. The number of hydrogen-bond acceptors (Lipinski definition) is 2. The van der Waals surface area contributed by atoms with Gasteiger partial charge in [0.15, 0.2) is 0 Å². The Kier molecular flexibility index (Phi) is 3.97. The molecule has 0 saturated carbocycles. The van der Waals surface area contributed by atoms with Crippen LogP contribution in [0.4, 0.5) is 0 Å². The second-order valence-corrected chi connectivity index (χ2v) is 5.30. The molecule has 0 radical (unpaired) electrons. The van der Waals surface area contributed by atoms with E-state index in [0.29, 0.717) is 5.92 Å². The first-order valence-corrected chi connectivity index (χ1v) is 6.00. The second-order valence-electron chi connectivity index (χ2n) is 5.30. The van der Waals surface area contributed by atoms with Crippen LogP contribution in [0.2, 0.25) is 0 Å². The molecule has 0 amide bonds. The van der Waals surface area contributed by atoms with Gasteiger partial charge in [-0.05, 0) is 38.3 Å². The molecular weight excluding hydrogens is 212 g/mol. The lowest BCUT2D eigenvalue weighted by Crippen LogP contribution is -2.27. The summed E-state index contributed by atoms with van der Waals surface area (Å²) in [6.07, 6.45) is 0. The van der Waals surface area contributed by atoms with Gasteiger partial charge in [0, 0.05) is 5.56 Å². The SMILES string of the molecule is COc1ccc(C(C)C)cc1C(C)(C)C(C)=O. The summed E-state index contributed by atoms with van der Waals surface area (Å²) in [5.74, 6) is 1.38. The Bertz CT molecular complexity index is 417. The fraction of sp³-hybridized carbons (Fsp3) is 0.533. The largest absolute Gasteiger partial charge is 0.496 e. The summed E-state index contributed by atoms with van der Waals surface area (Å²) < 4.78 is 5.36. The van der Waals surface area contributed by atoms with Crippen LogP contribution in [0, 0.1) is 0 Å². The van der Waals surface area contributed by atoms with Crippen molar-refractivity contribution in [3.8, 4) is 5.75 Å². The Balaban J connectivity index is 3.38. The Labute approximate surface area is 104 Å². The van der Waals surface area contributed by atoms with Crippen LogP contribution in [0.3, 0.4) is 0 Å². The predicted molar refractivity (Wildman–Crippen MR) is 70.8 cm³/mol. The molecule has 2 nitrogen and oxygen atoms in total. The molecule has 0 saturated heterocycles. The normalized spacial score (nSPS) is 11.7. The van der Waals surface area contributed by atoms with Crippen LogP contribution >= 0.6 is 0 Å². The average molecular weight is 234 g/mol. The maximum absolute atomic E-state index is 11.8. The summed E-state index contributed by atoms with van der Waals surface area (Å²) >= 11 is 0. The molecule has 17 heavy (non-hydrogen) atoms. The van der Waals surface area contributed by atoms with Crippen LogP contribution in [0.15, 0.2) is 18.2 Å². The molecule has 1 aromatic carbocycles. The van der Waals surface area contributed by atoms with E-state index in [1.807, 2.05) is 19.9 Å². The number of carbonyl (C=O) groups is 1. The zero-order valence-electron chi connectivity index (χ0n) is 11.6. The van der Waals surface area contributed by atoms with Crippen molar-refractivity contribution in [1.82, 2.24) is 0 Å². The lowest BCUT2D eigenvalue weighted by molar-refractivity contribution is -0.121. The molecule has 0 N–H and O–H groups in total. The van der Waals surface area contributed by atoms with Crippen LogP contribution < -0.4 is 4.74 Å². The van der Waals surface area contributed by atoms with Crippen LogP contribution in [-0.2, 0) is 10.2 Å². The number of rotatable bonds is 4. The van der Waals surface area contributed by atoms with Crippen LogP contribution in [0.5, 0.6) is 5.75 Å². The standard InChI is InChI=1S/C15H22O2/c1-10(2)12-7-8-14(17-6)13(9-12)15(4,5)11(3)16/h7-10H,1-6H3. The highest BCUT2D eigenvalue weighted by atomic mass is 16.5. The van der Waals surface area contributed by atoms with Gasteiger partial charge in [0.25, 0.3) is 0 Å². The van der Waals surface area contributed by atoms with E-state index in [9.17, 15) is 4.79 Å². The third kappa shape index (κ3) is 2.68. The van der Waals surface area contributed by atoms with E-state index < -0.39 is 5.41 Å². The summed E-state index contributed by atoms with van der Waals surface area (Å²) in [7, 11) is 1.64. The average Bonchev–Trinajstić information content (AvgIpc) is 2.27. The minimum absolute atomic E-state index is 0.150. The Morgan fingerprint density at radius 1 is 1.29 bits per heavy atom. The quantitative estimate of drug-likeness (QED) is 0.794. The number of Topliss-reactive ketones (excluding diaryl/α,β-unsaturated/α-hetero) is 1. The van der Waals surface area contributed by atoms with Gasteiger partial charge >= 0.3 is 0 Å². The number of ether oxygens (including phenoxy) is 1. The number of carbonyl (C=O) groups excluding carboxylic acids is 1. The third-order valence-corrected chi connectivity index (χ3v) is 3.44. The second kappa shape index (κ2) is 4.91. The highest BCUT2D eigenvalue weighted by molar-refractivity contribution is 5.88. The molecule has 1 aromatic rings. The first-order chi connectivity index (χ1) is 7.80. The topological polar surface area (TPSA) is 26.3 Å². The fourth-order valence-electron chi connectivity index (χ4n) is 1.76. The summed E-state index contributed by atoms with van der Waals surface area (Å²) in [5, 5.41) is 0. The van der Waals surface area contributed by atoms with Crippen molar-refractivity contribution in [3.63, 3.8) is 0 Å². The first-order valence-electron chi connectivity index (χ1n) is 6.00. The van der Waals surface area contributed by atoms with E-state index in [1.54, 1.807) is 14.0 Å². The molecule has 0 atom stereocenters. The first kappa shape index (κ1) is 13.8. The highest BCUT2D eigenvalue weighted by Gasteiger charge is 2.29. The van der Waals surface area contributed by atoms with Gasteiger partial charge in [-0.2, -0.15) is 0 Å². The maximum Gasteiger partial charge on any atom is 0.139 e. The van der Waals surface area contributed by atoms with Crippen molar-refractivity contribution >= 4 is 5.78 Å². The Hall–Kier alpha value is -1.31. The minimum atomic E-state index is -0.504. The molecule has 1 rings (SSSR count). The lowest BCUT2D eigenvalue weighted by Gasteiger charge is -2.25. The van der Waals surface area contributed by atoms with Crippen LogP contribution in [0.1, 0.15) is 51.7 Å². The number of ketones is 1. The van der Waals surface area contributed by atoms with E-state index in [2.05, 4.69) is 26.0 Å². The van der Waals surface area contributed by atoms with Gasteiger partial charge in [0.2, 0.25) is 0 Å². The van der Waals surface area contributed by atoms with Crippen molar-refractivity contribution in [2.75, 3.05) is 7.11 Å². The molecular formula is C15H22O2. The van der Waals surface area contributed by atoms with E-state index in [0.717, 1.165) is 11.3 Å². The number of hydrogen-bond donors (Lipinski definition) is 0. The predicted octanol–water partition coefficient (Wildman–Crippen LogP) is 3.69. The van der Waals surface area contributed by atoms with Crippen molar-refractivity contribution < 1.29 is 9.53 Å². The molecule has 0 aliphatic carbocycles. The Morgan fingerprint density at radius 2 is 1.88 bits per heavy atom. The van der Waals surface area contributed by atoms with E-state index in [4.69, 9.17) is 4.74 Å². The van der Waals surface area contributed by atoms with E-state index in [1.165, 1.54) is 5.56 Å². The summed E-state index contributed by atoms with van der Waals surface area (Å²) in [5.41, 5.74) is 1.70. The summed E-state index contributed by atoms with van der Waals surface area (Å²) in [6.45, 7) is 9.80. The van der Waals surface area contributed by atoms with E-state index >= 15 is 0 Å². The van der Waals surface area contributed by atoms with Gasteiger partial charge in [-0.3, -0.25) is 4.79 Å². The fourth-order valence-corrected chi connectivity index (χ4v) is 1.76. The summed E-state index contributed by atoms with van der Waals surface area (Å²) in [6, 6.07) is 6.10. The molecule has 0 aromatic heterocycles. The Morgan fingerprint density at radius 3 is 2.29 bits per heavy atom. The summed E-state index contributed by atoms with van der Waals surface area (Å²) in [4.78, 5) is 11.8. The van der Waals surface area contributed by atoms with Crippen molar-refractivity contribution in [2.24, 2.45) is 0 Å². The van der Waals surface area contributed by atoms with Gasteiger partial charge in [-0.1, -0.05) is 26.0 Å². The minimum Gasteiger partial charge on any atom is -0.496 e. The lowest BCUT2D eigenvalue weighted by atomic mass is 9.79. The maximum atomic E-state index is 11.8. The third-order valence-electron chi connectivity index (χ3n) is 3.44. The number of benzene rings is 1. The van der Waals surface area contributed by atoms with Gasteiger partial charge in [-0.25, -0.2) is 0 Å². The van der Waals surface area contributed by atoms with Crippen molar-refractivity contribution in [1.29, 1.82) is 0 Å². The van der Waals surface area contributed by atoms with Crippen LogP contribution in [0.25, 0.3) is 0 Å². The molecule has 2 heteroatoms.